The van der Waals surface area contributed by atoms with Crippen LogP contribution in [-0.4, -0.2) is 55.3 Å². The Kier molecular flexibility index (Phi) is 7.96. The maximum Gasteiger partial charge on any atom is 0.243 e. The van der Waals surface area contributed by atoms with Crippen molar-refractivity contribution < 1.29 is 16.8 Å². The van der Waals surface area contributed by atoms with E-state index in [2.05, 4.69) is 16.1 Å². The standard InChI is InChI=1S/C26H34N4O4S2/c1-4-17-29(18-5-2)36(33,34)22-15-13-21(14-16-22)26-27-25(19-35(3,31)32)28-30(26)24-12-8-10-20-9-6-7-11-23(20)24/h8,10,12-16H,4-7,9,11,17-19H2,1-3H3. The van der Waals surface area contributed by atoms with Gasteiger partial charge in [-0.2, -0.15) is 4.31 Å². The van der Waals surface area contributed by atoms with Crippen LogP contribution in [0, 0.1) is 0 Å². The molecule has 0 saturated heterocycles. The fourth-order valence-corrected chi connectivity index (χ4v) is 6.96. The molecule has 0 unspecified atom stereocenters. The molecule has 1 aliphatic carbocycles. The summed E-state index contributed by atoms with van der Waals surface area (Å²) < 4.78 is 53.6. The van der Waals surface area contributed by atoms with Crippen molar-refractivity contribution in [2.24, 2.45) is 0 Å². The van der Waals surface area contributed by atoms with Gasteiger partial charge in [-0.15, -0.1) is 5.10 Å². The van der Waals surface area contributed by atoms with E-state index < -0.39 is 19.9 Å². The van der Waals surface area contributed by atoms with Crippen LogP contribution in [0.4, 0.5) is 0 Å². The zero-order chi connectivity index (χ0) is 25.9. The lowest BCUT2D eigenvalue weighted by molar-refractivity contribution is 0.410. The van der Waals surface area contributed by atoms with Crippen molar-refractivity contribution >= 4 is 19.9 Å². The first-order chi connectivity index (χ1) is 17.1. The van der Waals surface area contributed by atoms with Gasteiger partial charge >= 0.3 is 0 Å². The molecule has 0 fully saturated rings. The van der Waals surface area contributed by atoms with Gasteiger partial charge in [0.1, 0.15) is 5.75 Å². The first-order valence-electron chi connectivity index (χ1n) is 12.5. The molecule has 0 amide bonds. The van der Waals surface area contributed by atoms with E-state index in [-0.39, 0.29) is 16.5 Å². The Hall–Kier alpha value is -2.56. The summed E-state index contributed by atoms with van der Waals surface area (Å²) >= 11 is 0. The summed E-state index contributed by atoms with van der Waals surface area (Å²) in [6.07, 6.45) is 6.80. The summed E-state index contributed by atoms with van der Waals surface area (Å²) in [7, 11) is -6.94. The minimum Gasteiger partial charge on any atom is -0.229 e. The Morgan fingerprint density at radius 3 is 2.22 bits per heavy atom. The molecular formula is C26H34N4O4S2. The normalized spacial score (nSPS) is 14.2. The SMILES string of the molecule is CCCN(CCC)S(=O)(=O)c1ccc(-c2nc(CS(C)(=O)=O)nn2-c2cccc3c2CCCC3)cc1. The van der Waals surface area contributed by atoms with Crippen molar-refractivity contribution in [2.75, 3.05) is 19.3 Å². The minimum absolute atomic E-state index is 0.217. The van der Waals surface area contributed by atoms with E-state index in [0.29, 0.717) is 24.5 Å². The largest absolute Gasteiger partial charge is 0.243 e. The topological polar surface area (TPSA) is 102 Å². The monoisotopic (exact) mass is 530 g/mol. The molecule has 0 bridgehead atoms. The Balaban J connectivity index is 1.79. The molecule has 0 radical (unpaired) electrons. The molecule has 0 saturated carbocycles. The number of aryl methyl sites for hydroxylation is 1. The zero-order valence-electron chi connectivity index (χ0n) is 21.1. The van der Waals surface area contributed by atoms with Crippen LogP contribution in [0.1, 0.15) is 56.5 Å². The highest BCUT2D eigenvalue weighted by atomic mass is 32.2. The average Bonchev–Trinajstić information content (AvgIpc) is 3.25. The van der Waals surface area contributed by atoms with Crippen LogP contribution in [0.25, 0.3) is 17.1 Å². The number of sulfone groups is 1. The summed E-state index contributed by atoms with van der Waals surface area (Å²) in [5.41, 5.74) is 4.04. The minimum atomic E-state index is -3.61. The van der Waals surface area contributed by atoms with Crippen LogP contribution >= 0.6 is 0 Å². The van der Waals surface area contributed by atoms with Gasteiger partial charge in [-0.25, -0.2) is 26.5 Å². The number of hydrogen-bond donors (Lipinski definition) is 0. The van der Waals surface area contributed by atoms with E-state index >= 15 is 0 Å². The number of sulfonamides is 1. The van der Waals surface area contributed by atoms with E-state index in [1.165, 1.54) is 15.4 Å². The lowest BCUT2D eigenvalue weighted by atomic mass is 9.90. The van der Waals surface area contributed by atoms with Crippen molar-refractivity contribution in [3.63, 3.8) is 0 Å². The second kappa shape index (κ2) is 10.8. The van der Waals surface area contributed by atoms with Crippen molar-refractivity contribution in [1.82, 2.24) is 19.1 Å². The van der Waals surface area contributed by atoms with E-state index in [9.17, 15) is 16.8 Å². The van der Waals surface area contributed by atoms with Gasteiger partial charge in [-0.1, -0.05) is 26.0 Å². The van der Waals surface area contributed by atoms with Crippen LogP contribution in [0.15, 0.2) is 47.4 Å². The highest BCUT2D eigenvalue weighted by Gasteiger charge is 2.25. The van der Waals surface area contributed by atoms with Gasteiger partial charge in [0.15, 0.2) is 21.5 Å². The van der Waals surface area contributed by atoms with Crippen LogP contribution in [0.3, 0.4) is 0 Å². The maximum atomic E-state index is 13.2. The van der Waals surface area contributed by atoms with Crippen molar-refractivity contribution in [1.29, 1.82) is 0 Å². The highest BCUT2D eigenvalue weighted by molar-refractivity contribution is 7.90. The number of nitrogens with zero attached hydrogens (tertiary/aromatic N) is 4. The van der Waals surface area contributed by atoms with E-state index in [0.717, 1.165) is 50.5 Å². The molecular weight excluding hydrogens is 496 g/mol. The molecule has 0 N–H and O–H groups in total. The summed E-state index contributed by atoms with van der Waals surface area (Å²) in [5.74, 6) is 0.447. The number of aromatic nitrogens is 3. The van der Waals surface area contributed by atoms with Gasteiger partial charge < -0.3 is 0 Å². The molecule has 0 spiro atoms. The number of benzene rings is 2. The van der Waals surface area contributed by atoms with Crippen LogP contribution in [-0.2, 0) is 38.5 Å². The second-order valence-electron chi connectivity index (χ2n) is 9.38. The smallest absolute Gasteiger partial charge is 0.229 e. The van der Waals surface area contributed by atoms with Crippen LogP contribution < -0.4 is 0 Å². The number of hydrogen-bond acceptors (Lipinski definition) is 6. The van der Waals surface area contributed by atoms with E-state index in [1.54, 1.807) is 28.9 Å². The van der Waals surface area contributed by atoms with Gasteiger partial charge in [0.2, 0.25) is 10.0 Å². The van der Waals surface area contributed by atoms with E-state index in [4.69, 9.17) is 0 Å². The molecule has 1 aromatic heterocycles. The molecule has 8 nitrogen and oxygen atoms in total. The first kappa shape index (κ1) is 26.5. The van der Waals surface area contributed by atoms with Gasteiger partial charge in [0, 0.05) is 24.9 Å². The summed E-state index contributed by atoms with van der Waals surface area (Å²) in [6, 6.07) is 12.7. The van der Waals surface area contributed by atoms with Crippen molar-refractivity contribution in [3.05, 3.63) is 59.4 Å². The molecule has 0 aliphatic heterocycles. The Labute approximate surface area is 214 Å². The lowest BCUT2D eigenvalue weighted by Gasteiger charge is -2.21. The van der Waals surface area contributed by atoms with Crippen LogP contribution in [0.2, 0.25) is 0 Å². The number of rotatable bonds is 10. The van der Waals surface area contributed by atoms with Crippen LogP contribution in [0.5, 0.6) is 0 Å². The fraction of sp³-hybridized carbons (Fsp3) is 0.462. The summed E-state index contributed by atoms with van der Waals surface area (Å²) in [4.78, 5) is 4.82. The average molecular weight is 531 g/mol. The van der Waals surface area contributed by atoms with Crippen molar-refractivity contribution in [3.8, 4) is 17.1 Å². The molecule has 10 heteroatoms. The predicted molar refractivity (Wildman–Crippen MR) is 141 cm³/mol. The third-order valence-electron chi connectivity index (χ3n) is 6.34. The van der Waals surface area contributed by atoms with Gasteiger partial charge in [0.25, 0.3) is 0 Å². The summed E-state index contributed by atoms with van der Waals surface area (Å²) in [6.45, 7) is 4.87. The molecule has 0 atom stereocenters. The maximum absolute atomic E-state index is 13.2. The Morgan fingerprint density at radius 1 is 0.917 bits per heavy atom. The third-order valence-corrected chi connectivity index (χ3v) is 9.03. The van der Waals surface area contributed by atoms with E-state index in [1.807, 2.05) is 26.0 Å². The van der Waals surface area contributed by atoms with Crippen molar-refractivity contribution in [2.45, 2.75) is 63.0 Å². The van der Waals surface area contributed by atoms with Gasteiger partial charge in [-0.05, 0) is 80.0 Å². The molecule has 1 heterocycles. The molecule has 36 heavy (non-hydrogen) atoms. The lowest BCUT2D eigenvalue weighted by Crippen LogP contribution is -2.32. The second-order valence-corrected chi connectivity index (χ2v) is 13.5. The molecule has 2 aromatic carbocycles. The zero-order valence-corrected chi connectivity index (χ0v) is 22.8. The van der Waals surface area contributed by atoms with Gasteiger partial charge in [-0.3, -0.25) is 0 Å². The Bertz CT molecular complexity index is 1420. The molecule has 4 rings (SSSR count). The molecule has 194 valence electrons. The molecule has 3 aromatic rings. The highest BCUT2D eigenvalue weighted by Crippen LogP contribution is 2.30. The van der Waals surface area contributed by atoms with Gasteiger partial charge in [0.05, 0.1) is 10.6 Å². The Morgan fingerprint density at radius 2 is 1.58 bits per heavy atom. The predicted octanol–water partition coefficient (Wildman–Crippen LogP) is 4.17. The fourth-order valence-electron chi connectivity index (χ4n) is 4.74. The molecule has 1 aliphatic rings. The number of fused-ring (bicyclic) bond motifs is 1. The first-order valence-corrected chi connectivity index (χ1v) is 16.0. The third kappa shape index (κ3) is 5.71. The summed E-state index contributed by atoms with van der Waals surface area (Å²) in [5, 5.41) is 4.60. The quantitative estimate of drug-likeness (QED) is 0.390.